The van der Waals surface area contributed by atoms with E-state index in [-0.39, 0.29) is 10.8 Å². The van der Waals surface area contributed by atoms with Gasteiger partial charge in [0.15, 0.2) is 5.13 Å². The molecule has 1 aliphatic rings. The zero-order chi connectivity index (χ0) is 25.0. The van der Waals surface area contributed by atoms with Crippen LogP contribution in [-0.2, 0) is 10.0 Å². The van der Waals surface area contributed by atoms with Crippen LogP contribution in [-0.4, -0.2) is 67.8 Å². The summed E-state index contributed by atoms with van der Waals surface area (Å²) in [5.74, 6) is 0.373. The summed E-state index contributed by atoms with van der Waals surface area (Å²) in [6.45, 7) is 10.5. The van der Waals surface area contributed by atoms with E-state index in [0.717, 1.165) is 42.7 Å². The Morgan fingerprint density at radius 1 is 1.03 bits per heavy atom. The molecule has 188 valence electrons. The van der Waals surface area contributed by atoms with Crippen molar-refractivity contribution in [3.05, 3.63) is 54.1 Å². The van der Waals surface area contributed by atoms with Crippen LogP contribution in [0.3, 0.4) is 0 Å². The highest BCUT2D eigenvalue weighted by Crippen LogP contribution is 2.30. The van der Waals surface area contributed by atoms with Gasteiger partial charge in [-0.25, -0.2) is 13.4 Å². The summed E-state index contributed by atoms with van der Waals surface area (Å²) < 4.78 is 28.8. The monoisotopic (exact) mass is 514 g/mol. The number of likely N-dealkylation sites (N-methyl/N-ethyl adjacent to an activating group) is 1. The number of hydrogen-bond acceptors (Lipinski definition) is 6. The number of nitrogens with zero attached hydrogens (tertiary/aromatic N) is 4. The molecule has 1 fully saturated rings. The number of anilines is 1. The predicted octanol–water partition coefficient (Wildman–Crippen LogP) is 4.71. The Labute approximate surface area is 212 Å². The normalized spacial score (nSPS) is 15.7. The second kappa shape index (κ2) is 11.2. The van der Waals surface area contributed by atoms with Crippen molar-refractivity contribution in [1.82, 2.24) is 14.2 Å². The van der Waals surface area contributed by atoms with E-state index in [4.69, 9.17) is 4.98 Å². The maximum absolute atomic E-state index is 13.6. The SMILES string of the molecule is CCN(CC)CCN(C(=O)c1ccc(S(=O)(=O)N2CCC(C)CC2)cc1)c1nc2ccccc2s1. The maximum Gasteiger partial charge on any atom is 0.260 e. The van der Waals surface area contributed by atoms with Gasteiger partial charge in [0, 0.05) is 31.7 Å². The smallest absolute Gasteiger partial charge is 0.260 e. The van der Waals surface area contributed by atoms with Gasteiger partial charge in [-0.1, -0.05) is 44.2 Å². The van der Waals surface area contributed by atoms with Crippen molar-refractivity contribution in [3.63, 3.8) is 0 Å². The molecule has 0 spiro atoms. The van der Waals surface area contributed by atoms with Crippen molar-refractivity contribution in [2.45, 2.75) is 38.5 Å². The Kier molecular flexibility index (Phi) is 8.21. The number of sulfonamides is 1. The summed E-state index contributed by atoms with van der Waals surface area (Å²) >= 11 is 1.49. The molecule has 7 nitrogen and oxygen atoms in total. The number of rotatable bonds is 9. The van der Waals surface area contributed by atoms with Crippen LogP contribution < -0.4 is 4.90 Å². The highest BCUT2D eigenvalue weighted by molar-refractivity contribution is 7.89. The lowest BCUT2D eigenvalue weighted by atomic mass is 10.0. The predicted molar refractivity (Wildman–Crippen MR) is 143 cm³/mol. The Hall–Kier alpha value is -2.33. The first-order valence-corrected chi connectivity index (χ1v) is 14.6. The quantitative estimate of drug-likeness (QED) is 0.414. The van der Waals surface area contributed by atoms with Gasteiger partial charge in [-0.05, 0) is 68.2 Å². The van der Waals surface area contributed by atoms with Crippen molar-refractivity contribution >= 4 is 42.6 Å². The van der Waals surface area contributed by atoms with Crippen LogP contribution in [0.1, 0.15) is 44.0 Å². The van der Waals surface area contributed by atoms with E-state index in [1.54, 1.807) is 33.5 Å². The minimum absolute atomic E-state index is 0.174. The van der Waals surface area contributed by atoms with Gasteiger partial charge in [0.25, 0.3) is 5.91 Å². The molecular formula is C26H34N4O3S2. The molecule has 3 aromatic rings. The third-order valence-corrected chi connectivity index (χ3v) is 9.75. The zero-order valence-electron chi connectivity index (χ0n) is 20.7. The lowest BCUT2D eigenvalue weighted by molar-refractivity contribution is 0.0983. The largest absolute Gasteiger partial charge is 0.302 e. The second-order valence-corrected chi connectivity index (χ2v) is 12.0. The summed E-state index contributed by atoms with van der Waals surface area (Å²) in [6.07, 6.45) is 1.75. The van der Waals surface area contributed by atoms with Crippen molar-refractivity contribution < 1.29 is 13.2 Å². The molecule has 2 aromatic carbocycles. The highest BCUT2D eigenvalue weighted by Gasteiger charge is 2.29. The van der Waals surface area contributed by atoms with E-state index in [1.807, 2.05) is 24.3 Å². The molecule has 1 amide bonds. The van der Waals surface area contributed by atoms with Gasteiger partial charge in [-0.3, -0.25) is 9.69 Å². The minimum atomic E-state index is -3.55. The standard InChI is InChI=1S/C26H34N4O3S2/c1-4-28(5-2)18-19-30(26-27-23-8-6-7-9-24(23)34-26)25(31)21-10-12-22(13-11-21)35(32,33)29-16-14-20(3)15-17-29/h6-13,20H,4-5,14-19H2,1-3H3. The average molecular weight is 515 g/mol. The summed E-state index contributed by atoms with van der Waals surface area (Å²) in [5, 5.41) is 0.655. The fraction of sp³-hybridized carbons (Fsp3) is 0.462. The number of carbonyl (C=O) groups excluding carboxylic acids is 1. The van der Waals surface area contributed by atoms with Gasteiger partial charge in [-0.15, -0.1) is 0 Å². The van der Waals surface area contributed by atoms with E-state index in [0.29, 0.717) is 36.2 Å². The molecule has 9 heteroatoms. The molecule has 0 N–H and O–H groups in total. The Balaban J connectivity index is 1.58. The third kappa shape index (κ3) is 5.74. The molecule has 1 aromatic heterocycles. The van der Waals surface area contributed by atoms with Crippen LogP contribution in [0.15, 0.2) is 53.4 Å². The Morgan fingerprint density at radius 2 is 1.69 bits per heavy atom. The second-order valence-electron chi connectivity index (χ2n) is 9.06. The van der Waals surface area contributed by atoms with E-state index >= 15 is 0 Å². The third-order valence-electron chi connectivity index (χ3n) is 6.77. The Bertz CT molecular complexity index is 1210. The van der Waals surface area contributed by atoms with E-state index in [1.165, 1.54) is 11.3 Å². The molecule has 1 saturated heterocycles. The number of carbonyl (C=O) groups is 1. The van der Waals surface area contributed by atoms with Gasteiger partial charge in [0.05, 0.1) is 15.1 Å². The zero-order valence-corrected chi connectivity index (χ0v) is 22.3. The molecule has 0 unspecified atom stereocenters. The molecule has 1 aliphatic heterocycles. The van der Waals surface area contributed by atoms with Crippen molar-refractivity contribution in [3.8, 4) is 0 Å². The van der Waals surface area contributed by atoms with Gasteiger partial charge in [-0.2, -0.15) is 4.31 Å². The van der Waals surface area contributed by atoms with E-state index in [9.17, 15) is 13.2 Å². The fourth-order valence-corrected chi connectivity index (χ4v) is 6.80. The minimum Gasteiger partial charge on any atom is -0.302 e. The molecule has 2 heterocycles. The molecule has 0 aliphatic carbocycles. The fourth-order valence-electron chi connectivity index (χ4n) is 4.34. The van der Waals surface area contributed by atoms with Crippen LogP contribution in [0.2, 0.25) is 0 Å². The lowest BCUT2D eigenvalue weighted by Gasteiger charge is -2.29. The number of benzene rings is 2. The summed E-state index contributed by atoms with van der Waals surface area (Å²) in [5.41, 5.74) is 1.32. The van der Waals surface area contributed by atoms with Crippen LogP contribution >= 0.6 is 11.3 Å². The van der Waals surface area contributed by atoms with Crippen LogP contribution in [0, 0.1) is 5.92 Å². The molecule has 0 saturated carbocycles. The summed E-state index contributed by atoms with van der Waals surface area (Å²) in [4.78, 5) is 22.6. The van der Waals surface area contributed by atoms with E-state index < -0.39 is 10.0 Å². The van der Waals surface area contributed by atoms with Crippen LogP contribution in [0.5, 0.6) is 0 Å². The first kappa shape index (κ1) is 25.8. The lowest BCUT2D eigenvalue weighted by Crippen LogP contribution is -2.39. The van der Waals surface area contributed by atoms with Crippen molar-refractivity contribution in [2.75, 3.05) is 44.2 Å². The van der Waals surface area contributed by atoms with Crippen LogP contribution in [0.4, 0.5) is 5.13 Å². The van der Waals surface area contributed by atoms with Gasteiger partial charge >= 0.3 is 0 Å². The first-order valence-electron chi connectivity index (χ1n) is 12.3. The van der Waals surface area contributed by atoms with Gasteiger partial charge in [0.2, 0.25) is 10.0 Å². The molecule has 0 radical (unpaired) electrons. The van der Waals surface area contributed by atoms with Crippen molar-refractivity contribution in [1.29, 1.82) is 0 Å². The number of piperidine rings is 1. The molecule has 0 bridgehead atoms. The number of fused-ring (bicyclic) bond motifs is 1. The average Bonchev–Trinajstić information content (AvgIpc) is 3.30. The van der Waals surface area contributed by atoms with Gasteiger partial charge in [0.1, 0.15) is 0 Å². The van der Waals surface area contributed by atoms with Crippen LogP contribution in [0.25, 0.3) is 10.2 Å². The Morgan fingerprint density at radius 3 is 2.31 bits per heavy atom. The molecule has 0 atom stereocenters. The maximum atomic E-state index is 13.6. The topological polar surface area (TPSA) is 73.8 Å². The molecule has 4 rings (SSSR count). The number of aromatic nitrogens is 1. The number of para-hydroxylation sites is 1. The van der Waals surface area contributed by atoms with Gasteiger partial charge < -0.3 is 4.90 Å². The summed E-state index contributed by atoms with van der Waals surface area (Å²) in [7, 11) is -3.55. The molecule has 35 heavy (non-hydrogen) atoms. The number of thiazole rings is 1. The molecular weight excluding hydrogens is 480 g/mol. The number of amides is 1. The van der Waals surface area contributed by atoms with E-state index in [2.05, 4.69) is 25.7 Å². The number of hydrogen-bond donors (Lipinski definition) is 0. The highest BCUT2D eigenvalue weighted by atomic mass is 32.2. The summed E-state index contributed by atoms with van der Waals surface area (Å²) in [6, 6.07) is 14.2. The van der Waals surface area contributed by atoms with Crippen molar-refractivity contribution in [2.24, 2.45) is 5.92 Å². The first-order chi connectivity index (χ1) is 16.8.